The molecule has 2 atom stereocenters. The number of aromatic nitrogens is 2. The lowest BCUT2D eigenvalue weighted by molar-refractivity contribution is -0.159. The Kier molecular flexibility index (Phi) is 4.77. The first kappa shape index (κ1) is 19.7. The molecule has 0 radical (unpaired) electrons. The van der Waals surface area contributed by atoms with Crippen LogP contribution < -0.4 is 0 Å². The average Bonchev–Trinajstić information content (AvgIpc) is 3.40. The highest BCUT2D eigenvalue weighted by atomic mass is 19.4. The molecule has 1 amide bonds. The number of alkyl halides is 3. The van der Waals surface area contributed by atoms with Gasteiger partial charge in [0.1, 0.15) is 0 Å². The molecule has 2 aromatic carbocycles. The maximum absolute atomic E-state index is 13.3. The number of hydrogen-bond acceptors (Lipinski definition) is 5. The highest BCUT2D eigenvalue weighted by molar-refractivity contribution is 5.99. The molecule has 1 aromatic heterocycles. The van der Waals surface area contributed by atoms with E-state index >= 15 is 0 Å². The van der Waals surface area contributed by atoms with E-state index in [1.165, 1.54) is 0 Å². The van der Waals surface area contributed by atoms with E-state index in [-0.39, 0.29) is 23.7 Å². The third kappa shape index (κ3) is 3.59. The summed E-state index contributed by atoms with van der Waals surface area (Å²) in [6, 6.07) is 14.8. The second-order valence-electron chi connectivity index (χ2n) is 7.67. The van der Waals surface area contributed by atoms with Crippen LogP contribution in [0.1, 0.15) is 39.7 Å². The molecule has 0 N–H and O–H groups in total. The molecule has 1 saturated heterocycles. The summed E-state index contributed by atoms with van der Waals surface area (Å²) in [5, 5.41) is 3.42. The molecule has 3 heterocycles. The Hall–Kier alpha value is -3.20. The topological polar surface area (TPSA) is 68.5 Å². The highest BCUT2D eigenvalue weighted by Gasteiger charge is 2.40. The minimum atomic E-state index is -4.72. The number of carbonyl (C=O) groups excluding carboxylic acids is 1. The fraction of sp³-hybridized carbons (Fsp3) is 0.318. The van der Waals surface area contributed by atoms with Crippen molar-refractivity contribution in [2.75, 3.05) is 13.2 Å². The van der Waals surface area contributed by atoms with E-state index in [4.69, 9.17) is 4.74 Å². The van der Waals surface area contributed by atoms with Gasteiger partial charge in [0, 0.05) is 36.2 Å². The van der Waals surface area contributed by atoms with E-state index in [9.17, 15) is 18.0 Å². The molecule has 0 saturated carbocycles. The Balaban J connectivity index is 1.43. The van der Waals surface area contributed by atoms with Gasteiger partial charge < -0.3 is 14.2 Å². The van der Waals surface area contributed by atoms with Gasteiger partial charge in [-0.2, -0.15) is 18.2 Å². The molecule has 0 bridgehead atoms. The van der Waals surface area contributed by atoms with E-state index in [0.717, 1.165) is 11.1 Å². The number of hydrogen-bond donors (Lipinski definition) is 0. The van der Waals surface area contributed by atoms with Crippen LogP contribution in [0.2, 0.25) is 0 Å². The number of halogens is 3. The zero-order valence-electron chi connectivity index (χ0n) is 16.3. The van der Waals surface area contributed by atoms with Crippen molar-refractivity contribution in [2.24, 2.45) is 0 Å². The van der Waals surface area contributed by atoms with E-state index < -0.39 is 12.1 Å². The summed E-state index contributed by atoms with van der Waals surface area (Å²) in [4.78, 5) is 18.5. The fourth-order valence-electron chi connectivity index (χ4n) is 4.30. The predicted octanol–water partition coefficient (Wildman–Crippen LogP) is 4.28. The van der Waals surface area contributed by atoms with Gasteiger partial charge >= 0.3 is 12.1 Å². The van der Waals surface area contributed by atoms with Crippen LogP contribution in [-0.2, 0) is 17.5 Å². The van der Waals surface area contributed by atoms with Crippen LogP contribution >= 0.6 is 0 Å². The van der Waals surface area contributed by atoms with E-state index in [1.54, 1.807) is 18.2 Å². The molecule has 2 aliphatic heterocycles. The summed E-state index contributed by atoms with van der Waals surface area (Å²) in [5.74, 6) is -1.71. The lowest BCUT2D eigenvalue weighted by Gasteiger charge is -2.38. The second-order valence-corrected chi connectivity index (χ2v) is 7.67. The Bertz CT molecular complexity index is 1110. The minimum absolute atomic E-state index is 0.0264. The number of benzene rings is 2. The van der Waals surface area contributed by atoms with Crippen LogP contribution in [0.5, 0.6) is 0 Å². The first-order valence-corrected chi connectivity index (χ1v) is 9.89. The lowest BCUT2D eigenvalue weighted by atomic mass is 9.87. The molecule has 160 valence electrons. The van der Waals surface area contributed by atoms with Crippen LogP contribution in [0.25, 0.3) is 11.4 Å². The number of nitrogens with zero attached hydrogens (tertiary/aromatic N) is 3. The molecule has 0 unspecified atom stereocenters. The Morgan fingerprint density at radius 2 is 1.90 bits per heavy atom. The lowest BCUT2D eigenvalue weighted by Crippen LogP contribution is -2.44. The van der Waals surface area contributed by atoms with Crippen molar-refractivity contribution in [1.82, 2.24) is 15.0 Å². The number of carbonyl (C=O) groups is 1. The Morgan fingerprint density at radius 1 is 1.10 bits per heavy atom. The summed E-state index contributed by atoms with van der Waals surface area (Å²) in [6.45, 7) is 1.55. The van der Waals surface area contributed by atoms with Crippen molar-refractivity contribution in [2.45, 2.75) is 31.1 Å². The Morgan fingerprint density at radius 3 is 2.65 bits per heavy atom. The quantitative estimate of drug-likeness (QED) is 0.622. The summed E-state index contributed by atoms with van der Waals surface area (Å²) >= 11 is 0. The highest BCUT2D eigenvalue weighted by Crippen LogP contribution is 2.36. The van der Waals surface area contributed by atoms with Gasteiger partial charge in [0.2, 0.25) is 5.82 Å². The van der Waals surface area contributed by atoms with Gasteiger partial charge in [-0.1, -0.05) is 47.6 Å². The van der Waals surface area contributed by atoms with Gasteiger partial charge in [-0.05, 0) is 23.6 Å². The smallest absolute Gasteiger partial charge is 0.381 e. The molecule has 0 aliphatic carbocycles. The molecule has 2 aliphatic rings. The predicted molar refractivity (Wildman–Crippen MR) is 103 cm³/mol. The molecule has 31 heavy (non-hydrogen) atoms. The molecular formula is C22H18F3N3O3. The van der Waals surface area contributed by atoms with Crippen molar-refractivity contribution in [3.8, 4) is 11.4 Å². The van der Waals surface area contributed by atoms with Gasteiger partial charge in [-0.25, -0.2) is 0 Å². The van der Waals surface area contributed by atoms with E-state index in [1.807, 2.05) is 35.2 Å². The van der Waals surface area contributed by atoms with Gasteiger partial charge in [0.25, 0.3) is 5.91 Å². The molecular weight excluding hydrogens is 411 g/mol. The van der Waals surface area contributed by atoms with Crippen LogP contribution in [0.15, 0.2) is 53.1 Å². The Labute approximate surface area is 175 Å². The summed E-state index contributed by atoms with van der Waals surface area (Å²) in [6.07, 6.45) is -4.00. The van der Waals surface area contributed by atoms with Crippen LogP contribution in [0, 0.1) is 0 Å². The van der Waals surface area contributed by atoms with Crippen molar-refractivity contribution in [3.05, 3.63) is 71.1 Å². The molecule has 0 spiro atoms. The van der Waals surface area contributed by atoms with E-state index in [0.29, 0.717) is 37.3 Å². The number of ether oxygens (including phenoxy) is 1. The SMILES string of the molecule is O=C1c2cc(-c3noc(C(F)(F)F)n3)ccc2CN1[C@H]1CCOC[C@@H]1c1ccccc1. The fourth-order valence-corrected chi connectivity index (χ4v) is 4.30. The van der Waals surface area contributed by atoms with Gasteiger partial charge in [0.05, 0.1) is 6.61 Å². The standard InChI is InChI=1S/C22H18F3N3O3/c23-22(24,25)21-26-19(27-31-21)14-6-7-15-11-28(20(29)16(15)10-14)18-8-9-30-12-17(18)13-4-2-1-3-5-13/h1-7,10,17-18H,8-9,11-12H2/t17-,18+/m1/s1. The monoisotopic (exact) mass is 429 g/mol. The van der Waals surface area contributed by atoms with Crippen LogP contribution in [0.3, 0.4) is 0 Å². The number of amides is 1. The van der Waals surface area contributed by atoms with Crippen molar-refractivity contribution >= 4 is 5.91 Å². The molecule has 6 nitrogen and oxygen atoms in total. The molecule has 1 fully saturated rings. The summed E-state index contributed by atoms with van der Waals surface area (Å²) in [7, 11) is 0. The summed E-state index contributed by atoms with van der Waals surface area (Å²) in [5.41, 5.74) is 2.70. The summed E-state index contributed by atoms with van der Waals surface area (Å²) < 4.78 is 48.3. The van der Waals surface area contributed by atoms with E-state index in [2.05, 4.69) is 14.7 Å². The third-order valence-electron chi connectivity index (χ3n) is 5.82. The van der Waals surface area contributed by atoms with Gasteiger partial charge in [-0.15, -0.1) is 0 Å². The first-order chi connectivity index (χ1) is 14.9. The molecule has 3 aromatic rings. The van der Waals surface area contributed by atoms with Gasteiger partial charge in [-0.3, -0.25) is 4.79 Å². The molecule has 5 rings (SSSR count). The van der Waals surface area contributed by atoms with Crippen LogP contribution in [-0.4, -0.2) is 40.2 Å². The zero-order chi connectivity index (χ0) is 21.6. The van der Waals surface area contributed by atoms with Crippen molar-refractivity contribution < 1.29 is 27.2 Å². The minimum Gasteiger partial charge on any atom is -0.381 e. The first-order valence-electron chi connectivity index (χ1n) is 9.89. The zero-order valence-corrected chi connectivity index (χ0v) is 16.3. The van der Waals surface area contributed by atoms with Gasteiger partial charge in [0.15, 0.2) is 0 Å². The van der Waals surface area contributed by atoms with Crippen molar-refractivity contribution in [3.63, 3.8) is 0 Å². The average molecular weight is 429 g/mol. The third-order valence-corrected chi connectivity index (χ3v) is 5.82. The number of rotatable bonds is 3. The number of fused-ring (bicyclic) bond motifs is 1. The maximum Gasteiger partial charge on any atom is 0.471 e. The van der Waals surface area contributed by atoms with Crippen LogP contribution in [0.4, 0.5) is 13.2 Å². The normalized spacial score (nSPS) is 21.4. The largest absolute Gasteiger partial charge is 0.471 e. The molecule has 9 heteroatoms. The second kappa shape index (κ2) is 7.49. The maximum atomic E-state index is 13.3. The van der Waals surface area contributed by atoms with Crippen molar-refractivity contribution in [1.29, 1.82) is 0 Å².